The number of aromatic nitrogens is 6. The van der Waals surface area contributed by atoms with Gasteiger partial charge in [0, 0.05) is 93.6 Å². The summed E-state index contributed by atoms with van der Waals surface area (Å²) in [6, 6.07) is 17.1. The normalized spacial score (nSPS) is 13.8. The predicted octanol–water partition coefficient (Wildman–Crippen LogP) is 13.0. The second-order valence-corrected chi connectivity index (χ2v) is 24.1. The average molecular weight is 1250 g/mol. The Hall–Kier alpha value is -9.04. The zero-order valence-electron chi connectivity index (χ0n) is 56.1. The highest BCUT2D eigenvalue weighted by Crippen LogP contribution is 2.38. The maximum absolute atomic E-state index is 14.7. The summed E-state index contributed by atoms with van der Waals surface area (Å²) in [5, 5.41) is 43.9. The number of carbonyl (C=O) groups excluding carboxylic acids is 4. The number of nitrogens with one attached hydrogen (secondary N) is 5. The quantitative estimate of drug-likeness (QED) is 0.0312. The van der Waals surface area contributed by atoms with Crippen LogP contribution in [0, 0.1) is 53.9 Å². The molecule has 0 radical (unpaired) electrons. The number of aryl methyl sites for hydroxylation is 7. The van der Waals surface area contributed by atoms with Crippen molar-refractivity contribution in [1.29, 1.82) is 5.41 Å². The van der Waals surface area contributed by atoms with E-state index in [1.807, 2.05) is 111 Å². The van der Waals surface area contributed by atoms with Gasteiger partial charge >= 0.3 is 23.9 Å². The van der Waals surface area contributed by atoms with Gasteiger partial charge < -0.3 is 59.6 Å². The van der Waals surface area contributed by atoms with E-state index in [2.05, 4.69) is 19.9 Å². The first-order valence-corrected chi connectivity index (χ1v) is 31.2. The summed E-state index contributed by atoms with van der Waals surface area (Å²) in [7, 11) is 5.76. The van der Waals surface area contributed by atoms with E-state index in [1.54, 1.807) is 40.8 Å². The van der Waals surface area contributed by atoms with E-state index in [0.717, 1.165) is 66.8 Å². The number of rotatable bonds is 17. The highest BCUT2D eigenvalue weighted by Gasteiger charge is 2.25. The second-order valence-electron chi connectivity index (χ2n) is 24.1. The van der Waals surface area contributed by atoms with Crippen LogP contribution in [-0.4, -0.2) is 97.5 Å². The van der Waals surface area contributed by atoms with Crippen molar-refractivity contribution in [2.24, 2.45) is 4.99 Å². The Morgan fingerprint density at radius 2 is 0.902 bits per heavy atom. The molecule has 8 rings (SSSR count). The Morgan fingerprint density at radius 3 is 1.42 bits per heavy atom. The fourth-order valence-electron chi connectivity index (χ4n) is 13.0. The van der Waals surface area contributed by atoms with Crippen molar-refractivity contribution in [2.45, 2.75) is 166 Å². The molecule has 92 heavy (non-hydrogen) atoms. The van der Waals surface area contributed by atoms with Gasteiger partial charge in [0.1, 0.15) is 6.10 Å². The number of aliphatic hydroxyl groups excluding tert-OH is 3. The lowest BCUT2D eigenvalue weighted by Crippen LogP contribution is -2.11. The minimum atomic E-state index is -0.963. The van der Waals surface area contributed by atoms with Crippen molar-refractivity contribution in [3.05, 3.63) is 160 Å². The number of allylic oxidation sites excluding steroid dienone is 4. The number of fused-ring (bicyclic) bond motifs is 12. The van der Waals surface area contributed by atoms with Crippen molar-refractivity contribution in [3.63, 3.8) is 0 Å². The molecule has 19 nitrogen and oxygen atoms in total. The molecule has 4 unspecified atom stereocenters. The molecule has 12 bridgehead atoms. The molecule has 4 atom stereocenters. The van der Waals surface area contributed by atoms with Gasteiger partial charge in [-0.25, -0.2) is 9.97 Å². The van der Waals surface area contributed by atoms with E-state index in [1.165, 1.54) is 21.3 Å². The number of carbonyl (C=O) groups is 4. The SMILES string of the molecule is CN=c1cc2[nH]c(cc3[nH]c(cc4nc(ccc(CCC(=O)OC)c1C)C(CCC(=O)OC)=C4C)c(C)c3C(C)O)c(C)c2C(C)OC(=O)CCc1c(C)c2cc(C)c(C(C)O)c(C)c(=N)cc3[nH]c(cc4nc(cc1[nH]2)C(CCC(=O)OC)=C4C)c(C)c3C(C)O. The lowest BCUT2D eigenvalue weighted by molar-refractivity contribution is -0.148. The molecule has 0 saturated heterocycles. The lowest BCUT2D eigenvalue weighted by atomic mass is 9.99. The van der Waals surface area contributed by atoms with E-state index in [9.17, 15) is 39.9 Å². The van der Waals surface area contributed by atoms with Gasteiger partial charge in [0.2, 0.25) is 0 Å². The molecule has 8 heterocycles. The van der Waals surface area contributed by atoms with Gasteiger partial charge in [-0.05, 0) is 242 Å². The van der Waals surface area contributed by atoms with Gasteiger partial charge in [0.25, 0.3) is 0 Å². The monoisotopic (exact) mass is 1250 g/mol. The molecule has 0 amide bonds. The van der Waals surface area contributed by atoms with E-state index in [0.29, 0.717) is 119 Å². The van der Waals surface area contributed by atoms with Crippen LogP contribution in [0.4, 0.5) is 0 Å². The van der Waals surface area contributed by atoms with Crippen LogP contribution in [0.3, 0.4) is 0 Å². The number of hydrogen-bond donors (Lipinski definition) is 8. The third kappa shape index (κ3) is 14.7. The fourth-order valence-corrected chi connectivity index (χ4v) is 13.0. The lowest BCUT2D eigenvalue weighted by Gasteiger charge is -2.14. The molecule has 19 heteroatoms. The Balaban J connectivity index is 1.31. The largest absolute Gasteiger partial charge is 0.469 e. The maximum atomic E-state index is 14.7. The highest BCUT2D eigenvalue weighted by atomic mass is 16.5. The van der Waals surface area contributed by atoms with E-state index in [4.69, 9.17) is 33.9 Å². The number of nitrogens with zero attached hydrogens (tertiary/aromatic N) is 3. The Labute approximate surface area is 536 Å². The molecule has 8 N–H and O–H groups in total. The van der Waals surface area contributed by atoms with Crippen molar-refractivity contribution in [3.8, 4) is 0 Å². The van der Waals surface area contributed by atoms with Crippen LogP contribution in [0.1, 0.15) is 200 Å². The van der Waals surface area contributed by atoms with Gasteiger partial charge in [0.05, 0.1) is 73.1 Å². The fraction of sp³-hybridized carbons (Fsp3) is 0.397. The molecular formula is C73H88N8O11. The topological polar surface area (TPSA) is 291 Å². The van der Waals surface area contributed by atoms with Crippen molar-refractivity contribution in [2.75, 3.05) is 28.4 Å². The summed E-state index contributed by atoms with van der Waals surface area (Å²) in [5.74, 6) is -1.59. The minimum absolute atomic E-state index is 0.0403. The first-order chi connectivity index (χ1) is 43.6. The molecule has 2 aliphatic rings. The van der Waals surface area contributed by atoms with Crippen LogP contribution in [0.5, 0.6) is 0 Å². The molecule has 0 aromatic carbocycles. The molecule has 6 aromatic heterocycles. The molecule has 0 fully saturated rings. The number of aliphatic hydroxyl groups is 3. The van der Waals surface area contributed by atoms with E-state index < -0.39 is 30.4 Å². The first kappa shape index (κ1) is 68.9. The van der Waals surface area contributed by atoms with Crippen LogP contribution in [-0.2, 0) is 51.0 Å². The number of hydrogen-bond acceptors (Lipinski definition) is 15. The third-order valence-corrected chi connectivity index (χ3v) is 18.2. The molecule has 0 aliphatic carbocycles. The maximum Gasteiger partial charge on any atom is 0.306 e. The Morgan fingerprint density at radius 1 is 0.467 bits per heavy atom. The second kappa shape index (κ2) is 29.1. The summed E-state index contributed by atoms with van der Waals surface area (Å²) in [6.45, 7) is 24.2. The van der Waals surface area contributed by atoms with E-state index in [-0.39, 0.29) is 55.4 Å². The summed E-state index contributed by atoms with van der Waals surface area (Å²) >= 11 is 0. The van der Waals surface area contributed by atoms with Crippen LogP contribution >= 0.6 is 0 Å². The van der Waals surface area contributed by atoms with E-state index >= 15 is 0 Å². The van der Waals surface area contributed by atoms with Crippen molar-refractivity contribution >= 4 is 90.3 Å². The number of methoxy groups -OCH3 is 3. The zero-order valence-corrected chi connectivity index (χ0v) is 56.1. The van der Waals surface area contributed by atoms with Gasteiger partial charge in [-0.1, -0.05) is 6.07 Å². The number of H-pyrrole nitrogens is 4. The van der Waals surface area contributed by atoms with Crippen molar-refractivity contribution in [1.82, 2.24) is 29.9 Å². The van der Waals surface area contributed by atoms with Gasteiger partial charge in [-0.3, -0.25) is 24.2 Å². The summed E-state index contributed by atoms with van der Waals surface area (Å²) in [6.07, 6.45) is -2.02. The average Bonchev–Trinajstić information content (AvgIpc) is 1.64. The molecule has 486 valence electrons. The first-order valence-electron chi connectivity index (χ1n) is 31.2. The minimum Gasteiger partial charge on any atom is -0.469 e. The molecule has 2 aliphatic heterocycles. The number of ether oxygens (including phenoxy) is 4. The van der Waals surface area contributed by atoms with Crippen LogP contribution in [0.25, 0.3) is 66.4 Å². The molecule has 6 aromatic rings. The summed E-state index contributed by atoms with van der Waals surface area (Å²) in [4.78, 5) is 82.0. The zero-order chi connectivity index (χ0) is 67.3. The third-order valence-electron chi connectivity index (χ3n) is 18.2. The Bertz CT molecular complexity index is 4510. The highest BCUT2D eigenvalue weighted by molar-refractivity contribution is 5.95. The summed E-state index contributed by atoms with van der Waals surface area (Å²) in [5.41, 5.74) is 20.6. The molecular weight excluding hydrogens is 1160 g/mol. The van der Waals surface area contributed by atoms with Gasteiger partial charge in [-0.15, -0.1) is 0 Å². The predicted molar refractivity (Wildman–Crippen MR) is 359 cm³/mol. The number of esters is 4. The molecule has 0 spiro atoms. The molecule has 0 saturated carbocycles. The van der Waals surface area contributed by atoms with Crippen LogP contribution in [0.2, 0.25) is 0 Å². The standard InChI is InChI=1S/C73H88N8O11/c1-35-28-55-38(4)51(61(77-55)34-62-50(21-26-68(87)91-17)39(5)57(78-62)32-58-41(7)71(45(11)83)63(79-58)29-52(74)40(6)70(35)44(10)82)22-27-69(88)92-47(13)73-43(9)60-33-64-72(46(12)84)42(8)59(80-64)31-56-37(3)49(20-25-67(86)90-16)53(76-56)23-18-48(19-24-66(85)89-15)36(2)54(75-14)30-65(73)81-60/h18,23,28-34,44-47,74,77,79-84H,19-22,24-27H2,1-17H3. The smallest absolute Gasteiger partial charge is 0.306 e. The van der Waals surface area contributed by atoms with Crippen LogP contribution in [0.15, 0.2) is 59.6 Å². The van der Waals surface area contributed by atoms with Crippen molar-refractivity contribution < 1.29 is 53.4 Å². The van der Waals surface area contributed by atoms with Gasteiger partial charge in [-0.2, -0.15) is 0 Å². The Kier molecular flexibility index (Phi) is 21.8. The van der Waals surface area contributed by atoms with Gasteiger partial charge in [0.15, 0.2) is 0 Å². The number of aromatic amines is 4. The summed E-state index contributed by atoms with van der Waals surface area (Å²) < 4.78 is 21.7. The van der Waals surface area contributed by atoms with Crippen LogP contribution < -0.4 is 10.7 Å².